The molecule has 3 rings (SSSR count). The Morgan fingerprint density at radius 2 is 2.15 bits per heavy atom. The lowest BCUT2D eigenvalue weighted by molar-refractivity contribution is -0.111. The van der Waals surface area contributed by atoms with Crippen LogP contribution in [-0.2, 0) is 4.79 Å². The van der Waals surface area contributed by atoms with E-state index in [-0.39, 0.29) is 11.7 Å². The summed E-state index contributed by atoms with van der Waals surface area (Å²) in [6.07, 6.45) is 5.02. The number of benzene rings is 1. The van der Waals surface area contributed by atoms with E-state index < -0.39 is 0 Å². The van der Waals surface area contributed by atoms with Gasteiger partial charge < -0.3 is 0 Å². The van der Waals surface area contributed by atoms with E-state index in [0.29, 0.717) is 16.6 Å². The quantitative estimate of drug-likeness (QED) is 0.879. The summed E-state index contributed by atoms with van der Waals surface area (Å²) in [5.74, 6) is -0.178. The lowest BCUT2D eigenvalue weighted by atomic mass is 10.2. The summed E-state index contributed by atoms with van der Waals surface area (Å²) in [6.45, 7) is 0. The summed E-state index contributed by atoms with van der Waals surface area (Å²) in [5, 5.41) is 12.0. The van der Waals surface area contributed by atoms with Crippen molar-refractivity contribution in [1.82, 2.24) is 10.2 Å². The Morgan fingerprint density at radius 1 is 1.35 bits per heavy atom. The van der Waals surface area contributed by atoms with Gasteiger partial charge in [-0.2, -0.15) is 0 Å². The molecule has 4 nitrogen and oxygen atoms in total. The fourth-order valence-corrected chi connectivity index (χ4v) is 2.62. The van der Waals surface area contributed by atoms with Crippen LogP contribution in [0.1, 0.15) is 29.3 Å². The lowest BCUT2D eigenvalue weighted by Crippen LogP contribution is -2.07. The summed E-state index contributed by atoms with van der Waals surface area (Å²) in [5.41, 5.74) is 0.374. The number of anilines is 1. The molecule has 1 saturated carbocycles. The van der Waals surface area contributed by atoms with Gasteiger partial charge in [0.2, 0.25) is 11.0 Å². The van der Waals surface area contributed by atoms with E-state index in [1.54, 1.807) is 18.2 Å². The molecule has 0 aliphatic heterocycles. The van der Waals surface area contributed by atoms with Crippen LogP contribution < -0.4 is 5.32 Å². The zero-order valence-corrected chi connectivity index (χ0v) is 11.4. The number of nitrogens with one attached hydrogen (secondary N) is 1. The molecule has 0 spiro atoms. The molecule has 1 aromatic carbocycles. The van der Waals surface area contributed by atoms with Gasteiger partial charge in [0, 0.05) is 17.6 Å². The highest BCUT2D eigenvalue weighted by Crippen LogP contribution is 2.41. The highest BCUT2D eigenvalue weighted by Gasteiger charge is 2.27. The highest BCUT2D eigenvalue weighted by atomic mass is 32.1. The van der Waals surface area contributed by atoms with Gasteiger partial charge in [0.15, 0.2) is 0 Å². The molecule has 1 heterocycles. The molecule has 2 aromatic rings. The maximum atomic E-state index is 13.4. The van der Waals surface area contributed by atoms with Gasteiger partial charge >= 0.3 is 0 Å². The molecule has 0 unspecified atom stereocenters. The molecule has 0 radical (unpaired) electrons. The zero-order valence-electron chi connectivity index (χ0n) is 10.5. The first-order valence-electron chi connectivity index (χ1n) is 6.29. The number of hydrogen-bond acceptors (Lipinski definition) is 4. The van der Waals surface area contributed by atoms with Crippen LogP contribution in [0.3, 0.4) is 0 Å². The molecule has 0 bridgehead atoms. The first-order valence-corrected chi connectivity index (χ1v) is 7.11. The second kappa shape index (κ2) is 5.50. The topological polar surface area (TPSA) is 54.9 Å². The van der Waals surface area contributed by atoms with Gasteiger partial charge in [-0.3, -0.25) is 10.1 Å². The van der Waals surface area contributed by atoms with E-state index in [2.05, 4.69) is 15.5 Å². The predicted octanol–water partition coefficient (Wildman–Crippen LogP) is 3.21. The molecule has 1 amide bonds. The van der Waals surface area contributed by atoms with E-state index >= 15 is 0 Å². The molecule has 1 aromatic heterocycles. The Kier molecular flexibility index (Phi) is 3.56. The van der Waals surface area contributed by atoms with Crippen LogP contribution in [0.25, 0.3) is 6.08 Å². The SMILES string of the molecule is O=C(/C=C/c1ccccc1F)Nc1nnc(C2CC2)s1. The monoisotopic (exact) mass is 289 g/mol. The summed E-state index contributed by atoms with van der Waals surface area (Å²) in [4.78, 5) is 11.7. The molecule has 20 heavy (non-hydrogen) atoms. The third kappa shape index (κ3) is 3.08. The van der Waals surface area contributed by atoms with Crippen LogP contribution in [0.5, 0.6) is 0 Å². The van der Waals surface area contributed by atoms with Crippen molar-refractivity contribution in [3.8, 4) is 0 Å². The zero-order chi connectivity index (χ0) is 13.9. The fourth-order valence-electron chi connectivity index (χ4n) is 1.70. The van der Waals surface area contributed by atoms with Crippen molar-refractivity contribution in [2.45, 2.75) is 18.8 Å². The minimum atomic E-state index is -0.358. The number of aromatic nitrogens is 2. The smallest absolute Gasteiger partial charge is 0.250 e. The van der Waals surface area contributed by atoms with E-state index in [4.69, 9.17) is 0 Å². The van der Waals surface area contributed by atoms with Crippen LogP contribution in [-0.4, -0.2) is 16.1 Å². The minimum Gasteiger partial charge on any atom is -0.297 e. The molecule has 1 aliphatic rings. The maximum Gasteiger partial charge on any atom is 0.250 e. The molecule has 6 heteroatoms. The summed E-state index contributed by atoms with van der Waals surface area (Å²) in [6, 6.07) is 6.28. The molecular weight excluding hydrogens is 277 g/mol. The second-order valence-electron chi connectivity index (χ2n) is 4.56. The summed E-state index contributed by atoms with van der Waals surface area (Å²) in [7, 11) is 0. The number of rotatable bonds is 4. The van der Waals surface area contributed by atoms with Crippen molar-refractivity contribution in [2.75, 3.05) is 5.32 Å². The van der Waals surface area contributed by atoms with Crippen molar-refractivity contribution in [2.24, 2.45) is 0 Å². The molecule has 0 atom stereocenters. The van der Waals surface area contributed by atoms with Crippen molar-refractivity contribution in [3.05, 3.63) is 46.7 Å². The highest BCUT2D eigenvalue weighted by molar-refractivity contribution is 7.15. The van der Waals surface area contributed by atoms with Gasteiger partial charge in [0.05, 0.1) is 0 Å². The van der Waals surface area contributed by atoms with Crippen LogP contribution in [0.2, 0.25) is 0 Å². The Bertz CT molecular complexity index is 664. The lowest BCUT2D eigenvalue weighted by Gasteiger charge is -1.96. The first kappa shape index (κ1) is 12.9. The molecule has 1 fully saturated rings. The summed E-state index contributed by atoms with van der Waals surface area (Å²) < 4.78 is 13.4. The molecule has 0 saturated heterocycles. The third-order valence-corrected chi connectivity index (χ3v) is 3.92. The van der Waals surface area contributed by atoms with Gasteiger partial charge in [0.1, 0.15) is 10.8 Å². The van der Waals surface area contributed by atoms with Crippen molar-refractivity contribution in [3.63, 3.8) is 0 Å². The molecular formula is C14H12FN3OS. The number of amides is 1. The second-order valence-corrected chi connectivity index (χ2v) is 5.57. The molecule has 1 aliphatic carbocycles. The van der Waals surface area contributed by atoms with Crippen molar-refractivity contribution < 1.29 is 9.18 Å². The van der Waals surface area contributed by atoms with Crippen LogP contribution >= 0.6 is 11.3 Å². The average molecular weight is 289 g/mol. The number of nitrogens with zero attached hydrogens (tertiary/aromatic N) is 2. The van der Waals surface area contributed by atoms with Gasteiger partial charge in [-0.25, -0.2) is 4.39 Å². The Balaban J connectivity index is 1.62. The van der Waals surface area contributed by atoms with Crippen molar-refractivity contribution >= 4 is 28.5 Å². The maximum absolute atomic E-state index is 13.4. The van der Waals surface area contributed by atoms with Gasteiger partial charge in [-0.1, -0.05) is 29.5 Å². The van der Waals surface area contributed by atoms with E-state index in [1.165, 1.54) is 29.6 Å². The molecule has 1 N–H and O–H groups in total. The van der Waals surface area contributed by atoms with Crippen LogP contribution in [0.4, 0.5) is 9.52 Å². The average Bonchev–Trinajstić information content (AvgIpc) is 3.19. The number of halogens is 1. The van der Waals surface area contributed by atoms with Crippen LogP contribution in [0.15, 0.2) is 30.3 Å². The largest absolute Gasteiger partial charge is 0.297 e. The Hall–Kier alpha value is -2.08. The normalized spacial score (nSPS) is 14.7. The minimum absolute atomic E-state index is 0.341. The third-order valence-electron chi connectivity index (χ3n) is 2.92. The number of hydrogen-bond donors (Lipinski definition) is 1. The number of carbonyl (C=O) groups is 1. The van der Waals surface area contributed by atoms with Gasteiger partial charge in [-0.05, 0) is 25.0 Å². The Morgan fingerprint density at radius 3 is 2.90 bits per heavy atom. The molecule has 102 valence electrons. The van der Waals surface area contributed by atoms with E-state index in [9.17, 15) is 9.18 Å². The van der Waals surface area contributed by atoms with E-state index in [1.807, 2.05) is 0 Å². The van der Waals surface area contributed by atoms with Gasteiger partial charge in [0.25, 0.3) is 0 Å². The summed E-state index contributed by atoms with van der Waals surface area (Å²) >= 11 is 1.39. The first-order chi connectivity index (χ1) is 9.72. The van der Waals surface area contributed by atoms with Crippen molar-refractivity contribution in [1.29, 1.82) is 0 Å². The standard InChI is InChI=1S/C14H12FN3OS/c15-11-4-2-1-3-9(11)7-8-12(19)16-14-18-17-13(20-14)10-5-6-10/h1-4,7-8,10H,5-6H2,(H,16,18,19)/b8-7+. The number of carbonyl (C=O) groups excluding carboxylic acids is 1. The fraction of sp³-hybridized carbons (Fsp3) is 0.214. The predicted molar refractivity (Wildman–Crippen MR) is 75.9 cm³/mol. The Labute approximate surface area is 119 Å². The van der Waals surface area contributed by atoms with Gasteiger partial charge in [-0.15, -0.1) is 10.2 Å². The van der Waals surface area contributed by atoms with E-state index in [0.717, 1.165) is 17.8 Å². The van der Waals surface area contributed by atoms with Crippen LogP contribution in [0, 0.1) is 5.82 Å².